The van der Waals surface area contributed by atoms with E-state index >= 15 is 0 Å². The van der Waals surface area contributed by atoms with E-state index in [4.69, 9.17) is 5.73 Å². The van der Waals surface area contributed by atoms with Crippen LogP contribution in [0.4, 0.5) is 16.2 Å². The van der Waals surface area contributed by atoms with Crippen LogP contribution >= 0.6 is 0 Å². The van der Waals surface area contributed by atoms with Gasteiger partial charge in [0.15, 0.2) is 11.6 Å². The maximum absolute atomic E-state index is 13.4. The molecule has 1 aromatic heterocycles. The predicted octanol–water partition coefficient (Wildman–Crippen LogP) is 1.82. The van der Waals surface area contributed by atoms with Gasteiger partial charge < -0.3 is 10.6 Å². The average molecular weight is 212 g/mol. The highest BCUT2D eigenvalue weighted by atomic mass is 19.1. The van der Waals surface area contributed by atoms with Gasteiger partial charge in [0.1, 0.15) is 0 Å². The Hall–Kier alpha value is -1.39. The Morgan fingerprint density at radius 1 is 1.60 bits per heavy atom. The third-order valence-corrected chi connectivity index (χ3v) is 2.45. The van der Waals surface area contributed by atoms with Crippen LogP contribution in [0.2, 0.25) is 0 Å². The second-order valence-electron chi connectivity index (χ2n) is 3.65. The van der Waals surface area contributed by atoms with E-state index in [2.05, 4.69) is 16.9 Å². The summed E-state index contributed by atoms with van der Waals surface area (Å²) in [5, 5.41) is 0. The summed E-state index contributed by atoms with van der Waals surface area (Å²) in [5.41, 5.74) is 5.42. The molecule has 84 valence electrons. The number of rotatable bonds is 4. The zero-order chi connectivity index (χ0) is 11.4. The summed E-state index contributed by atoms with van der Waals surface area (Å²) in [6, 6.07) is 0.235. The summed E-state index contributed by atoms with van der Waals surface area (Å²) in [6.45, 7) is 4.12. The molecular formula is C10H17FN4. The summed E-state index contributed by atoms with van der Waals surface area (Å²) in [4.78, 5) is 9.27. The van der Waals surface area contributed by atoms with Crippen molar-refractivity contribution in [2.45, 2.75) is 32.7 Å². The topological polar surface area (TPSA) is 55.0 Å². The van der Waals surface area contributed by atoms with Crippen LogP contribution in [0.3, 0.4) is 0 Å². The van der Waals surface area contributed by atoms with Gasteiger partial charge in [-0.25, -0.2) is 9.37 Å². The van der Waals surface area contributed by atoms with Crippen LogP contribution < -0.4 is 10.6 Å². The molecule has 1 rings (SSSR count). The smallest absolute Gasteiger partial charge is 0.222 e. The molecule has 2 N–H and O–H groups in total. The molecule has 0 aliphatic carbocycles. The Balaban J connectivity index is 2.89. The molecule has 0 bridgehead atoms. The van der Waals surface area contributed by atoms with Crippen molar-refractivity contribution in [1.29, 1.82) is 0 Å². The lowest BCUT2D eigenvalue weighted by atomic mass is 10.2. The Morgan fingerprint density at radius 3 is 2.87 bits per heavy atom. The molecule has 0 aromatic carbocycles. The van der Waals surface area contributed by atoms with Gasteiger partial charge in [0.25, 0.3) is 0 Å². The fraction of sp³-hybridized carbons (Fsp3) is 0.600. The molecule has 4 nitrogen and oxygen atoms in total. The van der Waals surface area contributed by atoms with Gasteiger partial charge in [-0.3, -0.25) is 0 Å². The van der Waals surface area contributed by atoms with Crippen molar-refractivity contribution in [3.05, 3.63) is 12.0 Å². The second-order valence-corrected chi connectivity index (χ2v) is 3.65. The molecule has 0 aliphatic heterocycles. The summed E-state index contributed by atoms with van der Waals surface area (Å²) in [7, 11) is 1.81. The van der Waals surface area contributed by atoms with Crippen molar-refractivity contribution in [1.82, 2.24) is 9.97 Å². The molecule has 0 amide bonds. The van der Waals surface area contributed by atoms with E-state index in [0.717, 1.165) is 19.0 Å². The molecule has 0 spiro atoms. The summed E-state index contributed by atoms with van der Waals surface area (Å²) in [5.74, 6) is -0.0694. The lowest BCUT2D eigenvalue weighted by molar-refractivity contribution is 0.570. The Kier molecular flexibility index (Phi) is 3.82. The standard InChI is InChI=1S/C10H17FN4/c1-4-5-7(2)15(3)9-8(11)6-13-10(12)14-9/h6-7H,4-5H2,1-3H3,(H2,12,13,14). The predicted molar refractivity (Wildman–Crippen MR) is 59.2 cm³/mol. The molecule has 15 heavy (non-hydrogen) atoms. The molecule has 5 heteroatoms. The molecule has 1 unspecified atom stereocenters. The Morgan fingerprint density at radius 2 is 2.27 bits per heavy atom. The van der Waals surface area contributed by atoms with Gasteiger partial charge >= 0.3 is 0 Å². The van der Waals surface area contributed by atoms with Crippen molar-refractivity contribution in [3.63, 3.8) is 0 Å². The maximum Gasteiger partial charge on any atom is 0.222 e. The summed E-state index contributed by atoms with van der Waals surface area (Å²) < 4.78 is 13.4. The third-order valence-electron chi connectivity index (χ3n) is 2.45. The molecule has 0 fully saturated rings. The lowest BCUT2D eigenvalue weighted by Crippen LogP contribution is -2.30. The van der Waals surface area contributed by atoms with Gasteiger partial charge in [0, 0.05) is 13.1 Å². The van der Waals surface area contributed by atoms with Gasteiger partial charge in [-0.1, -0.05) is 13.3 Å². The average Bonchev–Trinajstić information content (AvgIpc) is 2.21. The Labute approximate surface area is 89.3 Å². The fourth-order valence-electron chi connectivity index (χ4n) is 1.44. The highest BCUT2D eigenvalue weighted by Crippen LogP contribution is 2.18. The van der Waals surface area contributed by atoms with Crippen LogP contribution in [0.1, 0.15) is 26.7 Å². The van der Waals surface area contributed by atoms with E-state index in [1.807, 2.05) is 14.0 Å². The van der Waals surface area contributed by atoms with Crippen LogP contribution in [0.25, 0.3) is 0 Å². The molecule has 1 atom stereocenters. The largest absolute Gasteiger partial charge is 0.368 e. The quantitative estimate of drug-likeness (QED) is 0.827. The molecular weight excluding hydrogens is 195 g/mol. The maximum atomic E-state index is 13.4. The number of aromatic nitrogens is 2. The zero-order valence-electron chi connectivity index (χ0n) is 9.37. The SMILES string of the molecule is CCCC(C)N(C)c1nc(N)ncc1F. The minimum atomic E-state index is -0.436. The zero-order valence-corrected chi connectivity index (χ0v) is 9.37. The highest BCUT2D eigenvalue weighted by Gasteiger charge is 2.15. The second kappa shape index (κ2) is 4.91. The van der Waals surface area contributed by atoms with Crippen molar-refractivity contribution in [2.75, 3.05) is 17.7 Å². The van der Waals surface area contributed by atoms with E-state index in [9.17, 15) is 4.39 Å². The molecule has 0 aliphatic rings. The third kappa shape index (κ3) is 2.78. The number of nitrogen functional groups attached to an aromatic ring is 1. The number of hydrogen-bond acceptors (Lipinski definition) is 4. The van der Waals surface area contributed by atoms with Crippen molar-refractivity contribution in [2.24, 2.45) is 0 Å². The number of hydrogen-bond donors (Lipinski definition) is 1. The minimum absolute atomic E-state index is 0.0990. The fourth-order valence-corrected chi connectivity index (χ4v) is 1.44. The van der Waals surface area contributed by atoms with Crippen LogP contribution in [0.5, 0.6) is 0 Å². The van der Waals surface area contributed by atoms with Crippen LogP contribution in [-0.4, -0.2) is 23.1 Å². The van der Waals surface area contributed by atoms with Gasteiger partial charge in [-0.2, -0.15) is 4.98 Å². The van der Waals surface area contributed by atoms with Crippen LogP contribution in [0.15, 0.2) is 6.20 Å². The Bertz CT molecular complexity index is 329. The van der Waals surface area contributed by atoms with E-state index in [0.29, 0.717) is 0 Å². The first kappa shape index (κ1) is 11.7. The minimum Gasteiger partial charge on any atom is -0.368 e. The van der Waals surface area contributed by atoms with Crippen molar-refractivity contribution >= 4 is 11.8 Å². The van der Waals surface area contributed by atoms with E-state index in [1.54, 1.807) is 4.90 Å². The first-order chi connectivity index (χ1) is 7.06. The number of nitrogens with two attached hydrogens (primary N) is 1. The van der Waals surface area contributed by atoms with Crippen LogP contribution in [-0.2, 0) is 0 Å². The van der Waals surface area contributed by atoms with Crippen molar-refractivity contribution < 1.29 is 4.39 Å². The number of nitrogens with zero attached hydrogens (tertiary/aromatic N) is 3. The van der Waals surface area contributed by atoms with E-state index in [-0.39, 0.29) is 17.8 Å². The van der Waals surface area contributed by atoms with Gasteiger partial charge in [0.2, 0.25) is 5.95 Å². The van der Waals surface area contributed by atoms with E-state index in [1.165, 1.54) is 0 Å². The highest BCUT2D eigenvalue weighted by molar-refractivity contribution is 5.42. The first-order valence-electron chi connectivity index (χ1n) is 5.07. The molecule has 0 radical (unpaired) electrons. The number of anilines is 2. The van der Waals surface area contributed by atoms with Gasteiger partial charge in [-0.15, -0.1) is 0 Å². The number of halogens is 1. The van der Waals surface area contributed by atoms with Crippen LogP contribution in [0, 0.1) is 5.82 Å². The summed E-state index contributed by atoms with van der Waals surface area (Å²) in [6.07, 6.45) is 3.14. The molecule has 1 aromatic rings. The normalized spacial score (nSPS) is 12.5. The van der Waals surface area contributed by atoms with Gasteiger partial charge in [-0.05, 0) is 13.3 Å². The molecule has 0 saturated heterocycles. The van der Waals surface area contributed by atoms with E-state index < -0.39 is 5.82 Å². The first-order valence-corrected chi connectivity index (χ1v) is 5.07. The lowest BCUT2D eigenvalue weighted by Gasteiger charge is -2.25. The molecule has 0 saturated carbocycles. The van der Waals surface area contributed by atoms with Crippen molar-refractivity contribution in [3.8, 4) is 0 Å². The molecule has 1 heterocycles. The summed E-state index contributed by atoms with van der Waals surface area (Å²) >= 11 is 0. The monoisotopic (exact) mass is 212 g/mol. The van der Waals surface area contributed by atoms with Gasteiger partial charge in [0.05, 0.1) is 6.20 Å².